The highest BCUT2D eigenvalue weighted by molar-refractivity contribution is 6.33. The number of carbonyl (C=O) groups is 1. The van der Waals surface area contributed by atoms with Crippen LogP contribution in [0.25, 0.3) is 0 Å². The molecule has 0 spiro atoms. The van der Waals surface area contributed by atoms with Gasteiger partial charge < -0.3 is 9.47 Å². The summed E-state index contributed by atoms with van der Waals surface area (Å²) in [6.45, 7) is 5.24. The molecule has 0 fully saturated rings. The number of ketones is 1. The van der Waals surface area contributed by atoms with Crippen LogP contribution in [0.2, 0.25) is 5.02 Å². The summed E-state index contributed by atoms with van der Waals surface area (Å²) < 4.78 is 10.2. The van der Waals surface area contributed by atoms with Crippen LogP contribution in [0.3, 0.4) is 0 Å². The molecule has 1 rings (SSSR count). The Hall–Kier alpha value is -1.48. The summed E-state index contributed by atoms with van der Waals surface area (Å²) >= 11 is 5.98. The lowest BCUT2D eigenvalue weighted by molar-refractivity contribution is 0.103. The second kappa shape index (κ2) is 5.03. The third-order valence-corrected chi connectivity index (χ3v) is 2.36. The maximum Gasteiger partial charge on any atom is 0.188 e. The standard InChI is InChI=1S/C12H13ClO3/c1-7(2)11(14)8-5-9(13)12(16-4)10(6-8)15-3/h5-6H,1H2,2-4H3. The molecule has 0 heterocycles. The first-order valence-corrected chi connectivity index (χ1v) is 5.00. The lowest BCUT2D eigenvalue weighted by Crippen LogP contribution is -2.01. The van der Waals surface area contributed by atoms with Crippen molar-refractivity contribution in [3.8, 4) is 11.5 Å². The van der Waals surface area contributed by atoms with E-state index in [1.165, 1.54) is 14.2 Å². The summed E-state index contributed by atoms with van der Waals surface area (Å²) in [4.78, 5) is 11.7. The van der Waals surface area contributed by atoms with E-state index in [-0.39, 0.29) is 5.78 Å². The molecule has 0 aliphatic rings. The van der Waals surface area contributed by atoms with Gasteiger partial charge in [0.1, 0.15) is 0 Å². The summed E-state index contributed by atoms with van der Waals surface area (Å²) in [5.41, 5.74) is 0.887. The minimum atomic E-state index is -0.164. The van der Waals surface area contributed by atoms with Gasteiger partial charge in [-0.15, -0.1) is 0 Å². The number of ether oxygens (including phenoxy) is 2. The van der Waals surface area contributed by atoms with Crippen molar-refractivity contribution in [2.24, 2.45) is 0 Å². The van der Waals surface area contributed by atoms with Gasteiger partial charge in [0.05, 0.1) is 19.2 Å². The van der Waals surface area contributed by atoms with Crippen LogP contribution in [0, 0.1) is 0 Å². The molecule has 1 aromatic rings. The average Bonchev–Trinajstić information content (AvgIpc) is 2.26. The quantitative estimate of drug-likeness (QED) is 0.599. The van der Waals surface area contributed by atoms with Crippen molar-refractivity contribution < 1.29 is 14.3 Å². The summed E-state index contributed by atoms with van der Waals surface area (Å²) in [6, 6.07) is 3.13. The van der Waals surface area contributed by atoms with E-state index in [1.807, 2.05) is 0 Å². The molecule has 0 amide bonds. The number of hydrogen-bond acceptors (Lipinski definition) is 3. The van der Waals surface area contributed by atoms with E-state index in [0.717, 1.165) is 0 Å². The first kappa shape index (κ1) is 12.6. The molecule has 0 aliphatic heterocycles. The minimum absolute atomic E-state index is 0.164. The maximum absolute atomic E-state index is 11.7. The molecule has 16 heavy (non-hydrogen) atoms. The number of allylic oxidation sites excluding steroid dienone is 1. The van der Waals surface area contributed by atoms with Crippen LogP contribution in [0.4, 0.5) is 0 Å². The van der Waals surface area contributed by atoms with E-state index in [0.29, 0.717) is 27.7 Å². The predicted molar refractivity (Wildman–Crippen MR) is 63.7 cm³/mol. The fraction of sp³-hybridized carbons (Fsp3) is 0.250. The van der Waals surface area contributed by atoms with E-state index in [2.05, 4.69) is 6.58 Å². The van der Waals surface area contributed by atoms with Crippen LogP contribution in [-0.2, 0) is 0 Å². The summed E-state index contributed by atoms with van der Waals surface area (Å²) in [6.07, 6.45) is 0. The van der Waals surface area contributed by atoms with Gasteiger partial charge in [-0.25, -0.2) is 0 Å². The fourth-order valence-corrected chi connectivity index (χ4v) is 1.58. The third-order valence-electron chi connectivity index (χ3n) is 2.08. The van der Waals surface area contributed by atoms with E-state index in [1.54, 1.807) is 19.1 Å². The van der Waals surface area contributed by atoms with Gasteiger partial charge in [0.15, 0.2) is 17.3 Å². The first-order chi connectivity index (χ1) is 7.51. The van der Waals surface area contributed by atoms with E-state index < -0.39 is 0 Å². The lowest BCUT2D eigenvalue weighted by Gasteiger charge is -2.11. The topological polar surface area (TPSA) is 35.5 Å². The number of benzene rings is 1. The summed E-state index contributed by atoms with van der Waals surface area (Å²) in [5, 5.41) is 0.339. The third kappa shape index (κ3) is 2.36. The SMILES string of the molecule is C=C(C)C(=O)c1cc(Cl)c(OC)c(OC)c1. The normalized spacial score (nSPS) is 9.75. The van der Waals surface area contributed by atoms with Crippen molar-refractivity contribution >= 4 is 17.4 Å². The van der Waals surface area contributed by atoms with Crippen molar-refractivity contribution in [1.29, 1.82) is 0 Å². The number of Topliss-reactive ketones (excluding diaryl/α,β-unsaturated/α-hetero) is 1. The number of carbonyl (C=O) groups excluding carboxylic acids is 1. The number of rotatable bonds is 4. The molecule has 3 nitrogen and oxygen atoms in total. The van der Waals surface area contributed by atoms with Gasteiger partial charge in [-0.05, 0) is 24.6 Å². The van der Waals surface area contributed by atoms with Gasteiger partial charge in [0.2, 0.25) is 0 Å². The minimum Gasteiger partial charge on any atom is -0.493 e. The van der Waals surface area contributed by atoms with Crippen LogP contribution < -0.4 is 9.47 Å². The van der Waals surface area contributed by atoms with Gasteiger partial charge in [0, 0.05) is 5.56 Å². The van der Waals surface area contributed by atoms with Gasteiger partial charge in [-0.3, -0.25) is 4.79 Å². The second-order valence-corrected chi connectivity index (χ2v) is 3.71. The number of halogens is 1. The molecule has 0 saturated heterocycles. The van der Waals surface area contributed by atoms with Gasteiger partial charge in [0.25, 0.3) is 0 Å². The maximum atomic E-state index is 11.7. The molecule has 0 atom stereocenters. The Bertz CT molecular complexity index is 438. The van der Waals surface area contributed by atoms with Crippen LogP contribution >= 0.6 is 11.6 Å². The van der Waals surface area contributed by atoms with E-state index in [9.17, 15) is 4.79 Å². The average molecular weight is 241 g/mol. The molecule has 0 unspecified atom stereocenters. The largest absolute Gasteiger partial charge is 0.493 e. The Morgan fingerprint density at radius 2 is 1.94 bits per heavy atom. The smallest absolute Gasteiger partial charge is 0.188 e. The van der Waals surface area contributed by atoms with Crippen LogP contribution in [0.15, 0.2) is 24.3 Å². The zero-order valence-electron chi connectivity index (χ0n) is 9.46. The Morgan fingerprint density at radius 1 is 1.31 bits per heavy atom. The zero-order chi connectivity index (χ0) is 12.3. The predicted octanol–water partition coefficient (Wildman–Crippen LogP) is 3.12. The molecule has 0 aliphatic carbocycles. The highest BCUT2D eigenvalue weighted by atomic mass is 35.5. The summed E-state index contributed by atoms with van der Waals surface area (Å²) in [5.74, 6) is 0.685. The Labute approximate surface area is 99.6 Å². The Balaban J connectivity index is 3.31. The molecular weight excluding hydrogens is 228 g/mol. The molecule has 0 N–H and O–H groups in total. The summed E-state index contributed by atoms with van der Waals surface area (Å²) in [7, 11) is 2.98. The van der Waals surface area contributed by atoms with Crippen molar-refractivity contribution in [2.75, 3.05) is 14.2 Å². The van der Waals surface area contributed by atoms with E-state index in [4.69, 9.17) is 21.1 Å². The van der Waals surface area contributed by atoms with Crippen molar-refractivity contribution in [1.82, 2.24) is 0 Å². The monoisotopic (exact) mass is 240 g/mol. The molecule has 0 saturated carbocycles. The highest BCUT2D eigenvalue weighted by Crippen LogP contribution is 2.36. The molecule has 0 radical (unpaired) electrons. The van der Waals surface area contributed by atoms with Crippen LogP contribution in [-0.4, -0.2) is 20.0 Å². The highest BCUT2D eigenvalue weighted by Gasteiger charge is 2.15. The van der Waals surface area contributed by atoms with Crippen molar-refractivity contribution in [3.63, 3.8) is 0 Å². The number of hydrogen-bond donors (Lipinski definition) is 0. The number of methoxy groups -OCH3 is 2. The zero-order valence-corrected chi connectivity index (χ0v) is 10.2. The lowest BCUT2D eigenvalue weighted by atomic mass is 10.1. The van der Waals surface area contributed by atoms with Crippen molar-refractivity contribution in [2.45, 2.75) is 6.92 Å². The van der Waals surface area contributed by atoms with Crippen molar-refractivity contribution in [3.05, 3.63) is 34.9 Å². The van der Waals surface area contributed by atoms with Gasteiger partial charge >= 0.3 is 0 Å². The Kier molecular flexibility index (Phi) is 3.96. The molecule has 86 valence electrons. The van der Waals surface area contributed by atoms with Crippen LogP contribution in [0.5, 0.6) is 11.5 Å². The van der Waals surface area contributed by atoms with Gasteiger partial charge in [-0.2, -0.15) is 0 Å². The Morgan fingerprint density at radius 3 is 2.38 bits per heavy atom. The molecule has 0 bridgehead atoms. The van der Waals surface area contributed by atoms with Crippen LogP contribution in [0.1, 0.15) is 17.3 Å². The first-order valence-electron chi connectivity index (χ1n) is 4.63. The van der Waals surface area contributed by atoms with Gasteiger partial charge in [-0.1, -0.05) is 18.2 Å². The molecule has 0 aromatic heterocycles. The second-order valence-electron chi connectivity index (χ2n) is 3.30. The molecule has 4 heteroatoms. The fourth-order valence-electron chi connectivity index (χ4n) is 1.30. The van der Waals surface area contributed by atoms with E-state index >= 15 is 0 Å². The molecule has 1 aromatic carbocycles. The molecular formula is C12H13ClO3.